The Hall–Kier alpha value is -2.92. The number of anilines is 1. The van der Waals surface area contributed by atoms with Gasteiger partial charge in [-0.2, -0.15) is 0 Å². The Morgan fingerprint density at radius 1 is 1.00 bits per heavy atom. The molecule has 5 nitrogen and oxygen atoms in total. The van der Waals surface area contributed by atoms with Crippen LogP contribution in [-0.2, 0) is 9.47 Å². The number of methoxy groups -OCH3 is 2. The van der Waals surface area contributed by atoms with Gasteiger partial charge in [-0.25, -0.2) is 0 Å². The number of nitrogens with zero attached hydrogens (tertiary/aromatic N) is 1. The van der Waals surface area contributed by atoms with Crippen LogP contribution in [0.1, 0.15) is 19.4 Å². The Morgan fingerprint density at radius 2 is 1.72 bits per heavy atom. The van der Waals surface area contributed by atoms with E-state index in [0.717, 1.165) is 50.4 Å². The number of fused-ring (bicyclic) bond motifs is 5. The van der Waals surface area contributed by atoms with Crippen molar-refractivity contribution in [3.05, 3.63) is 59.5 Å². The molecule has 1 aliphatic carbocycles. The van der Waals surface area contributed by atoms with Gasteiger partial charge in [0.25, 0.3) is 0 Å². The Bertz CT molecular complexity index is 1030. The molecule has 0 aromatic heterocycles. The SMILES string of the molecule is CCOc1cc2ccc3c(c2cc1OCC)N(C)C=C1C=C(OC)C(OC)C=C13. The van der Waals surface area contributed by atoms with E-state index < -0.39 is 0 Å². The number of ether oxygens (including phenoxy) is 4. The van der Waals surface area contributed by atoms with Gasteiger partial charge >= 0.3 is 0 Å². The number of hydrogen-bond acceptors (Lipinski definition) is 5. The molecule has 1 atom stereocenters. The summed E-state index contributed by atoms with van der Waals surface area (Å²) in [6.45, 7) is 5.16. The zero-order valence-corrected chi connectivity index (χ0v) is 17.6. The van der Waals surface area contributed by atoms with E-state index in [2.05, 4.69) is 54.6 Å². The highest BCUT2D eigenvalue weighted by molar-refractivity contribution is 6.06. The van der Waals surface area contributed by atoms with Gasteiger partial charge in [-0.15, -0.1) is 0 Å². The smallest absolute Gasteiger partial charge is 0.161 e. The summed E-state index contributed by atoms with van der Waals surface area (Å²) in [5, 5.41) is 2.25. The topological polar surface area (TPSA) is 40.2 Å². The molecule has 2 aliphatic rings. The molecule has 0 amide bonds. The summed E-state index contributed by atoms with van der Waals surface area (Å²) in [5.41, 5.74) is 4.57. The summed E-state index contributed by atoms with van der Waals surface area (Å²) < 4.78 is 22.8. The molecular formula is C24H27NO4. The van der Waals surface area contributed by atoms with Crippen LogP contribution in [0.2, 0.25) is 0 Å². The predicted octanol–water partition coefficient (Wildman–Crippen LogP) is 4.91. The lowest BCUT2D eigenvalue weighted by Gasteiger charge is -2.32. The third kappa shape index (κ3) is 3.25. The van der Waals surface area contributed by atoms with E-state index in [4.69, 9.17) is 18.9 Å². The van der Waals surface area contributed by atoms with Crippen LogP contribution in [0.4, 0.5) is 5.69 Å². The molecule has 152 valence electrons. The predicted molar refractivity (Wildman–Crippen MR) is 117 cm³/mol. The lowest BCUT2D eigenvalue weighted by atomic mass is 9.86. The standard InChI is InChI=1S/C24H27NO4/c1-6-28-22-10-15-8-9-17-18-12-21(27-5)20(26-4)11-16(18)14-25(3)24(17)19(15)13-23(22)29-7-2/h8-14,21H,6-7H2,1-5H3. The number of allylic oxidation sites excluding steroid dienone is 3. The van der Waals surface area contributed by atoms with Crippen molar-refractivity contribution >= 4 is 22.0 Å². The second-order valence-electron chi connectivity index (χ2n) is 7.03. The van der Waals surface area contributed by atoms with Crippen molar-refractivity contribution in [2.75, 3.05) is 39.4 Å². The number of hydrogen-bond donors (Lipinski definition) is 0. The maximum absolute atomic E-state index is 5.87. The van der Waals surface area contributed by atoms with E-state index in [1.165, 1.54) is 0 Å². The van der Waals surface area contributed by atoms with Crippen molar-refractivity contribution < 1.29 is 18.9 Å². The highest BCUT2D eigenvalue weighted by Crippen LogP contribution is 2.46. The molecule has 0 saturated carbocycles. The van der Waals surface area contributed by atoms with Crippen LogP contribution in [0.5, 0.6) is 11.5 Å². The molecule has 0 fully saturated rings. The lowest BCUT2D eigenvalue weighted by Crippen LogP contribution is -2.22. The molecule has 0 radical (unpaired) electrons. The molecule has 1 heterocycles. The summed E-state index contributed by atoms with van der Waals surface area (Å²) >= 11 is 0. The highest BCUT2D eigenvalue weighted by atomic mass is 16.5. The molecule has 0 bridgehead atoms. The molecule has 4 rings (SSSR count). The van der Waals surface area contributed by atoms with Crippen LogP contribution >= 0.6 is 0 Å². The molecule has 0 spiro atoms. The van der Waals surface area contributed by atoms with Crippen LogP contribution < -0.4 is 14.4 Å². The van der Waals surface area contributed by atoms with Gasteiger partial charge in [0.1, 0.15) is 11.9 Å². The quantitative estimate of drug-likeness (QED) is 0.697. The van der Waals surface area contributed by atoms with Crippen molar-refractivity contribution in [2.24, 2.45) is 0 Å². The highest BCUT2D eigenvalue weighted by Gasteiger charge is 2.28. The minimum absolute atomic E-state index is 0.196. The van der Waals surface area contributed by atoms with Gasteiger partial charge in [0.2, 0.25) is 0 Å². The lowest BCUT2D eigenvalue weighted by molar-refractivity contribution is 0.110. The summed E-state index contributed by atoms with van der Waals surface area (Å²) in [5.74, 6) is 2.35. The third-order valence-electron chi connectivity index (χ3n) is 5.33. The molecule has 29 heavy (non-hydrogen) atoms. The van der Waals surface area contributed by atoms with Crippen LogP contribution in [0.3, 0.4) is 0 Å². The number of rotatable bonds is 6. The van der Waals surface area contributed by atoms with Crippen molar-refractivity contribution in [1.82, 2.24) is 0 Å². The Morgan fingerprint density at radius 3 is 2.38 bits per heavy atom. The second kappa shape index (κ2) is 7.84. The fraction of sp³-hybridized carbons (Fsp3) is 0.333. The molecule has 2 aromatic rings. The minimum atomic E-state index is -0.196. The van der Waals surface area contributed by atoms with Crippen molar-refractivity contribution in [1.29, 1.82) is 0 Å². The van der Waals surface area contributed by atoms with Crippen LogP contribution in [-0.4, -0.2) is 40.6 Å². The zero-order valence-electron chi connectivity index (χ0n) is 17.6. The van der Waals surface area contributed by atoms with Crippen LogP contribution in [0.25, 0.3) is 16.3 Å². The van der Waals surface area contributed by atoms with Gasteiger partial charge in [-0.05, 0) is 49.1 Å². The maximum Gasteiger partial charge on any atom is 0.161 e. The van der Waals surface area contributed by atoms with Gasteiger partial charge in [-0.1, -0.05) is 12.1 Å². The molecule has 1 unspecified atom stereocenters. The zero-order chi connectivity index (χ0) is 20.5. The normalized spacial score (nSPS) is 17.8. The summed E-state index contributed by atoms with van der Waals surface area (Å²) in [4.78, 5) is 2.16. The van der Waals surface area contributed by atoms with Crippen LogP contribution in [0.15, 0.2) is 53.9 Å². The van der Waals surface area contributed by atoms with Crippen molar-refractivity contribution in [3.8, 4) is 11.5 Å². The fourth-order valence-electron chi connectivity index (χ4n) is 4.08. The van der Waals surface area contributed by atoms with Crippen LogP contribution in [0, 0.1) is 0 Å². The Kier molecular flexibility index (Phi) is 5.24. The van der Waals surface area contributed by atoms with E-state index >= 15 is 0 Å². The molecular weight excluding hydrogens is 366 g/mol. The van der Waals surface area contributed by atoms with Gasteiger partial charge in [-0.3, -0.25) is 0 Å². The van der Waals surface area contributed by atoms with E-state index in [1.807, 2.05) is 13.8 Å². The molecule has 2 aromatic carbocycles. The Balaban J connectivity index is 1.92. The monoisotopic (exact) mass is 393 g/mol. The van der Waals surface area contributed by atoms with Gasteiger partial charge < -0.3 is 23.8 Å². The first-order chi connectivity index (χ1) is 14.1. The maximum atomic E-state index is 5.87. The van der Waals surface area contributed by atoms with Gasteiger partial charge in [0.15, 0.2) is 11.5 Å². The van der Waals surface area contributed by atoms with E-state index in [-0.39, 0.29) is 6.10 Å². The molecule has 1 aliphatic heterocycles. The molecule has 0 saturated heterocycles. The first-order valence-electron chi connectivity index (χ1n) is 9.93. The molecule has 0 N–H and O–H groups in total. The Labute approximate surface area is 171 Å². The molecule has 5 heteroatoms. The number of benzene rings is 2. The minimum Gasteiger partial charge on any atom is -0.498 e. The van der Waals surface area contributed by atoms with E-state index in [9.17, 15) is 0 Å². The summed E-state index contributed by atoms with van der Waals surface area (Å²) in [6.07, 6.45) is 6.12. The van der Waals surface area contributed by atoms with Gasteiger partial charge in [0.05, 0.1) is 26.0 Å². The van der Waals surface area contributed by atoms with Crippen molar-refractivity contribution in [2.45, 2.75) is 20.0 Å². The average molecular weight is 393 g/mol. The summed E-state index contributed by atoms with van der Waals surface area (Å²) in [7, 11) is 5.45. The largest absolute Gasteiger partial charge is 0.498 e. The second-order valence-corrected chi connectivity index (χ2v) is 7.03. The first-order valence-corrected chi connectivity index (χ1v) is 9.93. The van der Waals surface area contributed by atoms with Gasteiger partial charge in [0, 0.05) is 36.9 Å². The van der Waals surface area contributed by atoms with Crippen molar-refractivity contribution in [3.63, 3.8) is 0 Å². The fourth-order valence-corrected chi connectivity index (χ4v) is 4.08. The third-order valence-corrected chi connectivity index (χ3v) is 5.33. The first kappa shape index (κ1) is 19.4. The average Bonchev–Trinajstić information content (AvgIpc) is 2.73. The van der Waals surface area contributed by atoms with E-state index in [0.29, 0.717) is 13.2 Å². The summed E-state index contributed by atoms with van der Waals surface area (Å²) in [6, 6.07) is 8.46. The van der Waals surface area contributed by atoms with E-state index in [1.54, 1.807) is 14.2 Å².